The summed E-state index contributed by atoms with van der Waals surface area (Å²) in [5.41, 5.74) is 3.30. The fourth-order valence-electron chi connectivity index (χ4n) is 5.63. The third kappa shape index (κ3) is 5.51. The molecule has 1 heterocycles. The molecule has 3 rings (SSSR count). The minimum Gasteiger partial charge on any atom is -0.505 e. The minimum atomic E-state index is -0.861. The van der Waals surface area contributed by atoms with Gasteiger partial charge in [-0.2, -0.15) is 0 Å². The number of nitrogens with zero attached hydrogens (tertiary/aromatic N) is 1. The van der Waals surface area contributed by atoms with Crippen molar-refractivity contribution in [1.29, 1.82) is 0 Å². The zero-order chi connectivity index (χ0) is 25.9. The fraction of sp³-hybridized carbons (Fsp3) is 0.571. The van der Waals surface area contributed by atoms with Crippen LogP contribution in [0.4, 0.5) is 4.39 Å². The zero-order valence-corrected chi connectivity index (χ0v) is 21.1. The molecule has 1 aliphatic carbocycles. The first kappa shape index (κ1) is 27.1. The van der Waals surface area contributed by atoms with Crippen LogP contribution in [0.25, 0.3) is 6.08 Å². The van der Waals surface area contributed by atoms with Gasteiger partial charge in [0.25, 0.3) is 0 Å². The van der Waals surface area contributed by atoms with Gasteiger partial charge in [-0.1, -0.05) is 51.0 Å². The summed E-state index contributed by atoms with van der Waals surface area (Å²) >= 11 is 0. The second kappa shape index (κ2) is 11.5. The molecule has 3 N–H and O–H groups in total. The van der Waals surface area contributed by atoms with E-state index < -0.39 is 35.4 Å². The third-order valence-electron chi connectivity index (χ3n) is 7.45. The molecule has 0 aromatic heterocycles. The van der Waals surface area contributed by atoms with E-state index in [0.29, 0.717) is 49.8 Å². The van der Waals surface area contributed by atoms with Gasteiger partial charge in [0.2, 0.25) is 11.8 Å². The molecule has 0 unspecified atom stereocenters. The molecule has 0 radical (unpaired) electrons. The first-order chi connectivity index (χ1) is 16.6. The highest BCUT2D eigenvalue weighted by Gasteiger charge is 2.54. The number of aliphatic hydroxyl groups is 2. The highest BCUT2D eigenvalue weighted by Crippen LogP contribution is 2.48. The number of aliphatic hydroxyl groups excluding tert-OH is 2. The summed E-state index contributed by atoms with van der Waals surface area (Å²) in [6, 6.07) is 4.22. The van der Waals surface area contributed by atoms with Crippen LogP contribution in [0.3, 0.4) is 0 Å². The lowest BCUT2D eigenvalue weighted by molar-refractivity contribution is -0.140. The highest BCUT2D eigenvalue weighted by molar-refractivity contribution is 6.05. The fourth-order valence-corrected chi connectivity index (χ4v) is 5.63. The van der Waals surface area contributed by atoms with E-state index in [0.717, 1.165) is 11.1 Å². The van der Waals surface area contributed by atoms with Crippen molar-refractivity contribution in [3.63, 3.8) is 0 Å². The number of carbonyl (C=O) groups excluding carboxylic acids is 2. The summed E-state index contributed by atoms with van der Waals surface area (Å²) in [6.07, 6.45) is 3.75. The van der Waals surface area contributed by atoms with Crippen molar-refractivity contribution < 1.29 is 29.3 Å². The number of likely N-dealkylation sites (tertiary alicyclic amines) is 1. The van der Waals surface area contributed by atoms with Gasteiger partial charge in [0.05, 0.1) is 24.5 Å². The molecule has 1 aromatic carbocycles. The first-order valence-electron chi connectivity index (χ1n) is 12.7. The number of hydrogen-bond donors (Lipinski definition) is 3. The molecule has 7 heteroatoms. The number of fused-ring (bicyclic) bond motifs is 1. The number of rotatable bonds is 10. The molecule has 1 aliphatic heterocycles. The Kier molecular flexibility index (Phi) is 8.89. The molecule has 2 aliphatic rings. The second-order valence-corrected chi connectivity index (χ2v) is 10.0. The molecule has 0 saturated carbocycles. The van der Waals surface area contributed by atoms with Crippen molar-refractivity contribution in [3.05, 3.63) is 46.3 Å². The molecule has 1 saturated heterocycles. The maximum Gasteiger partial charge on any atom is 0.233 e. The summed E-state index contributed by atoms with van der Waals surface area (Å²) in [5, 5.41) is 31.1. The third-order valence-corrected chi connectivity index (χ3v) is 7.45. The van der Waals surface area contributed by atoms with Crippen LogP contribution in [0, 0.1) is 29.5 Å². The van der Waals surface area contributed by atoms with Crippen LogP contribution < -0.4 is 0 Å². The number of phenols is 1. The standard InChI is InChI=1S/C28H38FNO5/c1-5-11-30-27(34)20-14-19(16(3)4)25(21(15-31)26(20)28(30)35)24(33)10-7-17(6-2)12-18-8-9-23(32)22(29)13-18/h8-9,12-13,16,20-21,24,26,31-33H,5-7,10-11,14-15H2,1-4H3/b17-12+/t20-,21+,24-,26-/m1/s1. The van der Waals surface area contributed by atoms with Crippen LogP contribution in [-0.4, -0.2) is 51.3 Å². The van der Waals surface area contributed by atoms with E-state index in [1.165, 1.54) is 17.0 Å². The van der Waals surface area contributed by atoms with Gasteiger partial charge in [-0.3, -0.25) is 14.5 Å². The molecule has 6 nitrogen and oxygen atoms in total. The summed E-state index contributed by atoms with van der Waals surface area (Å²) in [6.45, 7) is 8.01. The van der Waals surface area contributed by atoms with Crippen molar-refractivity contribution in [2.24, 2.45) is 23.7 Å². The van der Waals surface area contributed by atoms with Gasteiger partial charge in [-0.15, -0.1) is 0 Å². The van der Waals surface area contributed by atoms with Crippen LogP contribution in [0.1, 0.15) is 65.4 Å². The second-order valence-electron chi connectivity index (χ2n) is 10.0. The Morgan fingerprint density at radius 3 is 2.51 bits per heavy atom. The number of phenolic OH excluding ortho intramolecular Hbond substituents is 1. The topological polar surface area (TPSA) is 98.1 Å². The van der Waals surface area contributed by atoms with E-state index in [-0.39, 0.29) is 24.3 Å². The van der Waals surface area contributed by atoms with Gasteiger partial charge in [0.1, 0.15) is 0 Å². The summed E-state index contributed by atoms with van der Waals surface area (Å²) in [4.78, 5) is 27.5. The van der Waals surface area contributed by atoms with E-state index in [1.807, 2.05) is 33.8 Å². The molecule has 35 heavy (non-hydrogen) atoms. The monoisotopic (exact) mass is 487 g/mol. The Hall–Kier alpha value is -2.51. The van der Waals surface area contributed by atoms with Crippen LogP contribution >= 0.6 is 0 Å². The number of benzene rings is 1. The van der Waals surface area contributed by atoms with Crippen molar-refractivity contribution in [3.8, 4) is 5.75 Å². The Balaban J connectivity index is 1.86. The number of aromatic hydroxyl groups is 1. The maximum absolute atomic E-state index is 13.7. The molecule has 1 fully saturated rings. The van der Waals surface area contributed by atoms with E-state index in [2.05, 4.69) is 0 Å². The van der Waals surface area contributed by atoms with Crippen LogP contribution in [0.2, 0.25) is 0 Å². The van der Waals surface area contributed by atoms with Gasteiger partial charge in [0.15, 0.2) is 11.6 Å². The van der Waals surface area contributed by atoms with Gasteiger partial charge in [-0.05, 0) is 61.3 Å². The average Bonchev–Trinajstić information content (AvgIpc) is 3.07. The summed E-state index contributed by atoms with van der Waals surface area (Å²) < 4.78 is 13.7. The summed E-state index contributed by atoms with van der Waals surface area (Å²) in [7, 11) is 0. The predicted octanol–water partition coefficient (Wildman–Crippen LogP) is 4.44. The maximum atomic E-state index is 13.7. The molecule has 4 atom stereocenters. The molecule has 192 valence electrons. The van der Waals surface area contributed by atoms with Crippen LogP contribution in [-0.2, 0) is 9.59 Å². The van der Waals surface area contributed by atoms with Gasteiger partial charge < -0.3 is 15.3 Å². The molecule has 1 aromatic rings. The van der Waals surface area contributed by atoms with Gasteiger partial charge in [-0.25, -0.2) is 4.39 Å². The first-order valence-corrected chi connectivity index (χ1v) is 12.7. The van der Waals surface area contributed by atoms with Gasteiger partial charge >= 0.3 is 0 Å². The largest absolute Gasteiger partial charge is 0.505 e. The molecule has 0 bridgehead atoms. The number of amides is 2. The van der Waals surface area contributed by atoms with E-state index in [9.17, 15) is 29.3 Å². The lowest BCUT2D eigenvalue weighted by Crippen LogP contribution is -2.40. The number of imide groups is 1. The lowest BCUT2D eigenvalue weighted by atomic mass is 9.66. The molecular formula is C28H38FNO5. The Morgan fingerprint density at radius 1 is 1.23 bits per heavy atom. The highest BCUT2D eigenvalue weighted by atomic mass is 19.1. The number of hydrogen-bond acceptors (Lipinski definition) is 5. The van der Waals surface area contributed by atoms with E-state index >= 15 is 0 Å². The van der Waals surface area contributed by atoms with Crippen molar-refractivity contribution in [1.82, 2.24) is 4.90 Å². The van der Waals surface area contributed by atoms with Crippen molar-refractivity contribution in [2.75, 3.05) is 13.2 Å². The minimum absolute atomic E-state index is 0.0685. The van der Waals surface area contributed by atoms with E-state index in [4.69, 9.17) is 0 Å². The Labute approximate surface area is 207 Å². The number of allylic oxidation sites excluding steroid dienone is 2. The van der Waals surface area contributed by atoms with Gasteiger partial charge in [0, 0.05) is 12.5 Å². The Morgan fingerprint density at radius 2 is 1.94 bits per heavy atom. The van der Waals surface area contributed by atoms with E-state index in [1.54, 1.807) is 6.07 Å². The SMILES string of the molecule is CCCN1C(=O)[C@@H]2[C@@H](CC(C(C)C)=C([C@H](O)CC/C(=C/c3ccc(O)c(F)c3)CC)[C@@H]2CO)C1=O. The lowest BCUT2D eigenvalue weighted by Gasteiger charge is -2.38. The molecule has 2 amide bonds. The van der Waals surface area contributed by atoms with Crippen LogP contribution in [0.15, 0.2) is 34.9 Å². The Bertz CT molecular complexity index is 1010. The quantitative estimate of drug-likeness (QED) is 0.335. The molecular weight excluding hydrogens is 449 g/mol. The predicted molar refractivity (Wildman–Crippen MR) is 133 cm³/mol. The summed E-state index contributed by atoms with van der Waals surface area (Å²) in [5.74, 6) is -3.11. The number of halogens is 1. The smallest absolute Gasteiger partial charge is 0.233 e. The van der Waals surface area contributed by atoms with Crippen molar-refractivity contribution >= 4 is 17.9 Å². The number of carbonyl (C=O) groups is 2. The van der Waals surface area contributed by atoms with Crippen molar-refractivity contribution in [2.45, 2.75) is 65.9 Å². The van der Waals surface area contributed by atoms with Crippen LogP contribution in [0.5, 0.6) is 5.75 Å². The zero-order valence-electron chi connectivity index (χ0n) is 21.1. The average molecular weight is 488 g/mol. The molecule has 0 spiro atoms. The normalized spacial score (nSPS) is 23.9.